The molecule has 0 amide bonds. The van der Waals surface area contributed by atoms with Crippen LogP contribution in [0.2, 0.25) is 5.02 Å². The van der Waals surface area contributed by atoms with E-state index in [9.17, 15) is 0 Å². The summed E-state index contributed by atoms with van der Waals surface area (Å²) in [5.74, 6) is 0. The van der Waals surface area contributed by atoms with Crippen LogP contribution < -0.4 is 5.73 Å². The minimum Gasteiger partial charge on any atom is -0.375 e. The SMILES string of the molecule is Nc1nc2c(s1)CCN(Cc1ccc(-c3ccc(Cl)cc3)cc1)CC2. The van der Waals surface area contributed by atoms with Crippen LogP contribution in [0.4, 0.5) is 5.13 Å². The van der Waals surface area contributed by atoms with E-state index < -0.39 is 0 Å². The molecule has 2 heterocycles. The third-order valence-electron chi connectivity index (χ3n) is 4.65. The zero-order valence-electron chi connectivity index (χ0n) is 13.9. The Hall–Kier alpha value is -1.88. The molecule has 3 nitrogen and oxygen atoms in total. The van der Waals surface area contributed by atoms with Crippen LogP contribution in [0.1, 0.15) is 16.1 Å². The maximum Gasteiger partial charge on any atom is 0.180 e. The quantitative estimate of drug-likeness (QED) is 0.730. The van der Waals surface area contributed by atoms with Gasteiger partial charge in [0.15, 0.2) is 5.13 Å². The lowest BCUT2D eigenvalue weighted by Crippen LogP contribution is -2.26. The van der Waals surface area contributed by atoms with Crippen molar-refractivity contribution in [3.63, 3.8) is 0 Å². The Morgan fingerprint density at radius 3 is 2.32 bits per heavy atom. The fraction of sp³-hybridized carbons (Fsp3) is 0.250. The molecule has 5 heteroatoms. The Morgan fingerprint density at radius 1 is 0.960 bits per heavy atom. The molecule has 0 spiro atoms. The minimum atomic E-state index is 0.705. The van der Waals surface area contributed by atoms with Gasteiger partial charge in [-0.05, 0) is 35.2 Å². The number of rotatable bonds is 3. The van der Waals surface area contributed by atoms with Crippen molar-refractivity contribution in [3.05, 3.63) is 69.7 Å². The van der Waals surface area contributed by atoms with Gasteiger partial charge in [-0.1, -0.05) is 48.0 Å². The predicted molar refractivity (Wildman–Crippen MR) is 106 cm³/mol. The third-order valence-corrected chi connectivity index (χ3v) is 5.89. The normalized spacial score (nSPS) is 14.9. The van der Waals surface area contributed by atoms with Gasteiger partial charge in [0.05, 0.1) is 5.69 Å². The minimum absolute atomic E-state index is 0.705. The Morgan fingerprint density at radius 2 is 1.60 bits per heavy atom. The molecular weight excluding hydrogens is 350 g/mol. The molecule has 0 bridgehead atoms. The first-order valence-electron chi connectivity index (χ1n) is 8.49. The monoisotopic (exact) mass is 369 g/mol. The number of hydrogen-bond donors (Lipinski definition) is 1. The lowest BCUT2D eigenvalue weighted by molar-refractivity contribution is 0.279. The molecule has 0 aliphatic carbocycles. The number of halogens is 1. The molecule has 2 N–H and O–H groups in total. The van der Waals surface area contributed by atoms with Gasteiger partial charge < -0.3 is 5.73 Å². The number of aromatic nitrogens is 1. The zero-order valence-corrected chi connectivity index (χ0v) is 15.5. The van der Waals surface area contributed by atoms with E-state index in [0.29, 0.717) is 5.13 Å². The molecule has 1 aliphatic rings. The first-order chi connectivity index (χ1) is 12.2. The molecule has 0 fully saturated rings. The Bertz CT molecular complexity index is 830. The second-order valence-corrected chi connectivity index (χ2v) is 7.95. The standard InChI is InChI=1S/C20H20ClN3S/c21-17-7-5-16(6-8-17)15-3-1-14(2-4-15)13-24-11-9-18-19(10-12-24)25-20(22)23-18/h1-8H,9-13H2,(H2,22,23). The molecule has 1 aliphatic heterocycles. The van der Waals surface area contributed by atoms with Crippen molar-refractivity contribution in [2.75, 3.05) is 18.8 Å². The van der Waals surface area contributed by atoms with E-state index >= 15 is 0 Å². The van der Waals surface area contributed by atoms with E-state index in [-0.39, 0.29) is 0 Å². The summed E-state index contributed by atoms with van der Waals surface area (Å²) >= 11 is 7.61. The van der Waals surface area contributed by atoms with Gasteiger partial charge in [-0.2, -0.15) is 0 Å². The van der Waals surface area contributed by atoms with Gasteiger partial charge in [0, 0.05) is 36.0 Å². The predicted octanol–water partition coefficient (Wildman–Crippen LogP) is 4.65. The van der Waals surface area contributed by atoms with Crippen LogP contribution in [0.5, 0.6) is 0 Å². The first-order valence-corrected chi connectivity index (χ1v) is 9.68. The fourth-order valence-corrected chi connectivity index (χ4v) is 4.28. The molecule has 0 atom stereocenters. The molecule has 25 heavy (non-hydrogen) atoms. The van der Waals surface area contributed by atoms with Crippen molar-refractivity contribution in [1.82, 2.24) is 9.88 Å². The molecule has 128 valence electrons. The smallest absolute Gasteiger partial charge is 0.180 e. The van der Waals surface area contributed by atoms with Crippen LogP contribution in [0, 0.1) is 0 Å². The Kier molecular flexibility index (Phi) is 4.75. The van der Waals surface area contributed by atoms with Crippen LogP contribution in [0.3, 0.4) is 0 Å². The summed E-state index contributed by atoms with van der Waals surface area (Å²) in [6, 6.07) is 16.8. The number of anilines is 1. The first kappa shape index (κ1) is 16.6. The van der Waals surface area contributed by atoms with Gasteiger partial charge in [-0.3, -0.25) is 4.90 Å². The van der Waals surface area contributed by atoms with E-state index in [1.807, 2.05) is 12.1 Å². The number of hydrogen-bond acceptors (Lipinski definition) is 4. The highest BCUT2D eigenvalue weighted by Gasteiger charge is 2.17. The van der Waals surface area contributed by atoms with E-state index in [0.717, 1.165) is 37.5 Å². The van der Waals surface area contributed by atoms with Crippen molar-refractivity contribution < 1.29 is 0 Å². The van der Waals surface area contributed by atoms with Crippen LogP contribution in [0.25, 0.3) is 11.1 Å². The number of nitrogens with zero attached hydrogens (tertiary/aromatic N) is 2. The molecule has 0 saturated heterocycles. The van der Waals surface area contributed by atoms with Crippen molar-refractivity contribution in [1.29, 1.82) is 0 Å². The Balaban J connectivity index is 1.41. The highest BCUT2D eigenvalue weighted by Crippen LogP contribution is 2.25. The van der Waals surface area contributed by atoms with E-state index in [4.69, 9.17) is 17.3 Å². The topological polar surface area (TPSA) is 42.1 Å². The summed E-state index contributed by atoms with van der Waals surface area (Å²) in [5, 5.41) is 1.47. The molecular formula is C20H20ClN3S. The van der Waals surface area contributed by atoms with Gasteiger partial charge in [-0.25, -0.2) is 4.98 Å². The van der Waals surface area contributed by atoms with Gasteiger partial charge in [-0.15, -0.1) is 11.3 Å². The molecule has 0 unspecified atom stereocenters. The highest BCUT2D eigenvalue weighted by molar-refractivity contribution is 7.15. The maximum atomic E-state index is 5.96. The summed E-state index contributed by atoms with van der Waals surface area (Å²) in [7, 11) is 0. The van der Waals surface area contributed by atoms with Gasteiger partial charge in [0.1, 0.15) is 0 Å². The van der Waals surface area contributed by atoms with Crippen LogP contribution in [-0.4, -0.2) is 23.0 Å². The number of fused-ring (bicyclic) bond motifs is 1. The summed E-state index contributed by atoms with van der Waals surface area (Å²) in [6.45, 7) is 3.08. The second kappa shape index (κ2) is 7.16. The van der Waals surface area contributed by atoms with E-state index in [1.54, 1.807) is 11.3 Å². The van der Waals surface area contributed by atoms with Crippen molar-refractivity contribution in [2.45, 2.75) is 19.4 Å². The van der Waals surface area contributed by atoms with Crippen LogP contribution in [0.15, 0.2) is 48.5 Å². The molecule has 1 aromatic heterocycles. The summed E-state index contributed by atoms with van der Waals surface area (Å²) in [4.78, 5) is 8.33. The van der Waals surface area contributed by atoms with Crippen LogP contribution >= 0.6 is 22.9 Å². The lowest BCUT2D eigenvalue weighted by Gasteiger charge is -2.20. The number of thiazole rings is 1. The zero-order chi connectivity index (χ0) is 17.2. The Labute approximate surface area is 157 Å². The van der Waals surface area contributed by atoms with Gasteiger partial charge in [0.2, 0.25) is 0 Å². The summed E-state index contributed by atoms with van der Waals surface area (Å²) in [5.41, 5.74) is 10.8. The average Bonchev–Trinajstić information content (AvgIpc) is 2.88. The number of benzene rings is 2. The summed E-state index contributed by atoms with van der Waals surface area (Å²) in [6.07, 6.45) is 2.04. The van der Waals surface area contributed by atoms with Crippen LogP contribution in [-0.2, 0) is 19.4 Å². The molecule has 0 saturated carbocycles. The number of nitrogens with two attached hydrogens (primary N) is 1. The van der Waals surface area contributed by atoms with Crippen molar-refractivity contribution >= 4 is 28.1 Å². The van der Waals surface area contributed by atoms with Gasteiger partial charge in [0.25, 0.3) is 0 Å². The van der Waals surface area contributed by atoms with Gasteiger partial charge >= 0.3 is 0 Å². The maximum absolute atomic E-state index is 5.96. The third kappa shape index (κ3) is 3.87. The number of nitrogen functional groups attached to an aromatic ring is 1. The molecule has 4 rings (SSSR count). The van der Waals surface area contributed by atoms with Crippen molar-refractivity contribution in [3.8, 4) is 11.1 Å². The second-order valence-electron chi connectivity index (χ2n) is 6.40. The summed E-state index contributed by atoms with van der Waals surface area (Å²) < 4.78 is 0. The average molecular weight is 370 g/mol. The van der Waals surface area contributed by atoms with Crippen molar-refractivity contribution in [2.24, 2.45) is 0 Å². The molecule has 2 aromatic carbocycles. The van der Waals surface area contributed by atoms with E-state index in [1.165, 1.54) is 27.3 Å². The molecule has 3 aromatic rings. The lowest BCUT2D eigenvalue weighted by atomic mass is 10.0. The largest absolute Gasteiger partial charge is 0.375 e. The molecule has 0 radical (unpaired) electrons. The fourth-order valence-electron chi connectivity index (χ4n) is 3.29. The van der Waals surface area contributed by atoms with E-state index in [2.05, 4.69) is 46.3 Å². The highest BCUT2D eigenvalue weighted by atomic mass is 35.5.